The minimum absolute atomic E-state index is 0.188. The third-order valence-electron chi connectivity index (χ3n) is 2.29. The second-order valence-corrected chi connectivity index (χ2v) is 6.59. The molecule has 1 heterocycles. The monoisotopic (exact) mass is 297 g/mol. The molecule has 0 saturated carbocycles. The van der Waals surface area contributed by atoms with Crippen molar-refractivity contribution in [2.24, 2.45) is 0 Å². The normalized spacial score (nSPS) is 12.2. The smallest absolute Gasteiger partial charge is 0.237 e. The number of para-hydroxylation sites is 1. The van der Waals surface area contributed by atoms with Crippen molar-refractivity contribution in [3.8, 4) is 0 Å². The molecule has 0 unspecified atom stereocenters. The summed E-state index contributed by atoms with van der Waals surface area (Å²) in [6, 6.07) is 6.08. The van der Waals surface area contributed by atoms with Crippen molar-refractivity contribution in [2.75, 3.05) is 5.32 Å². The highest BCUT2D eigenvalue weighted by molar-refractivity contribution is 8.02. The fourth-order valence-corrected chi connectivity index (χ4v) is 3.29. The van der Waals surface area contributed by atoms with Crippen LogP contribution >= 0.6 is 23.1 Å². The van der Waals surface area contributed by atoms with Crippen LogP contribution in [0.2, 0.25) is 0 Å². The molecule has 1 aromatic carbocycles. The van der Waals surface area contributed by atoms with Gasteiger partial charge in [-0.1, -0.05) is 35.2 Å². The molecule has 0 aliphatic carbocycles. The highest BCUT2D eigenvalue weighted by Gasteiger charge is 2.17. The molecule has 7 heteroatoms. The Kier molecular flexibility index (Phi) is 4.49. The second kappa shape index (κ2) is 6.12. The van der Waals surface area contributed by atoms with E-state index < -0.39 is 5.82 Å². The largest absolute Gasteiger partial charge is 0.323 e. The average Bonchev–Trinajstić information content (AvgIpc) is 2.77. The van der Waals surface area contributed by atoms with E-state index in [4.69, 9.17) is 0 Å². The lowest BCUT2D eigenvalue weighted by Gasteiger charge is -2.10. The van der Waals surface area contributed by atoms with Crippen molar-refractivity contribution >= 4 is 34.7 Å². The number of amides is 1. The summed E-state index contributed by atoms with van der Waals surface area (Å²) in [6.45, 7) is 3.60. The molecule has 19 heavy (non-hydrogen) atoms. The number of aromatic nitrogens is 2. The molecule has 0 spiro atoms. The molecule has 4 nitrogen and oxygen atoms in total. The van der Waals surface area contributed by atoms with E-state index in [1.807, 2.05) is 6.92 Å². The summed E-state index contributed by atoms with van der Waals surface area (Å²) in [4.78, 5) is 11.9. The van der Waals surface area contributed by atoms with E-state index in [0.717, 1.165) is 9.35 Å². The van der Waals surface area contributed by atoms with Gasteiger partial charge in [-0.05, 0) is 26.0 Å². The molecule has 0 saturated heterocycles. The zero-order valence-electron chi connectivity index (χ0n) is 10.4. The number of thioether (sulfide) groups is 1. The van der Waals surface area contributed by atoms with Gasteiger partial charge >= 0.3 is 0 Å². The highest BCUT2D eigenvalue weighted by Crippen LogP contribution is 2.27. The van der Waals surface area contributed by atoms with Crippen molar-refractivity contribution < 1.29 is 9.18 Å². The molecule has 1 aromatic heterocycles. The van der Waals surface area contributed by atoms with Gasteiger partial charge in [-0.25, -0.2) is 4.39 Å². The molecular formula is C12H12FN3OS2. The topological polar surface area (TPSA) is 54.9 Å². The highest BCUT2D eigenvalue weighted by atomic mass is 32.2. The summed E-state index contributed by atoms with van der Waals surface area (Å²) >= 11 is 2.74. The number of anilines is 1. The van der Waals surface area contributed by atoms with Crippen LogP contribution in [0, 0.1) is 12.7 Å². The first-order valence-electron chi connectivity index (χ1n) is 5.58. The Hall–Kier alpha value is -1.47. The Balaban J connectivity index is 1.98. The van der Waals surface area contributed by atoms with Crippen LogP contribution in [-0.4, -0.2) is 21.4 Å². The molecule has 0 fully saturated rings. The van der Waals surface area contributed by atoms with Crippen molar-refractivity contribution in [1.29, 1.82) is 0 Å². The number of halogens is 1. The SMILES string of the molecule is Cc1nnc(S[C@@H](C)C(=O)Nc2ccccc2F)s1. The maximum atomic E-state index is 13.4. The quantitative estimate of drug-likeness (QED) is 0.881. The first-order valence-corrected chi connectivity index (χ1v) is 7.28. The Morgan fingerprint density at radius 1 is 1.42 bits per heavy atom. The van der Waals surface area contributed by atoms with Crippen LogP contribution < -0.4 is 5.32 Å². The molecule has 100 valence electrons. The molecule has 0 radical (unpaired) electrons. The van der Waals surface area contributed by atoms with Gasteiger partial charge in [0.05, 0.1) is 10.9 Å². The number of carbonyl (C=O) groups is 1. The standard InChI is InChI=1S/C12H12FN3OS2/c1-7(18-12-16-15-8(2)19-12)11(17)14-10-6-4-3-5-9(10)13/h3-7H,1-2H3,(H,14,17)/t7-/m0/s1. The minimum Gasteiger partial charge on any atom is -0.323 e. The molecule has 1 N–H and O–H groups in total. The van der Waals surface area contributed by atoms with Gasteiger partial charge in [0.25, 0.3) is 0 Å². The van der Waals surface area contributed by atoms with Crippen LogP contribution in [0.5, 0.6) is 0 Å². The van der Waals surface area contributed by atoms with Crippen molar-refractivity contribution in [3.05, 3.63) is 35.1 Å². The molecule has 2 rings (SSSR count). The van der Waals surface area contributed by atoms with Crippen LogP contribution in [0.4, 0.5) is 10.1 Å². The van der Waals surface area contributed by atoms with Gasteiger partial charge in [-0.15, -0.1) is 10.2 Å². The number of rotatable bonds is 4. The van der Waals surface area contributed by atoms with Crippen LogP contribution in [0.15, 0.2) is 28.6 Å². The summed E-state index contributed by atoms with van der Waals surface area (Å²) in [7, 11) is 0. The number of nitrogens with one attached hydrogen (secondary N) is 1. The first kappa shape index (κ1) is 14.0. The third kappa shape index (κ3) is 3.74. The Labute approximate surface area is 118 Å². The van der Waals surface area contributed by atoms with E-state index in [-0.39, 0.29) is 16.8 Å². The van der Waals surface area contributed by atoms with Crippen molar-refractivity contribution in [1.82, 2.24) is 10.2 Å². The number of hydrogen-bond acceptors (Lipinski definition) is 5. The van der Waals surface area contributed by atoms with E-state index in [1.165, 1.54) is 35.2 Å². The van der Waals surface area contributed by atoms with Gasteiger partial charge in [0, 0.05) is 0 Å². The summed E-state index contributed by atoms with van der Waals surface area (Å²) in [5.41, 5.74) is 0.188. The van der Waals surface area contributed by atoms with E-state index in [2.05, 4.69) is 15.5 Å². The van der Waals surface area contributed by atoms with Crippen LogP contribution in [-0.2, 0) is 4.79 Å². The summed E-state index contributed by atoms with van der Waals surface area (Å²) < 4.78 is 14.1. The fourth-order valence-electron chi connectivity index (χ4n) is 1.33. The van der Waals surface area contributed by atoms with E-state index in [9.17, 15) is 9.18 Å². The lowest BCUT2D eigenvalue weighted by Crippen LogP contribution is -2.22. The van der Waals surface area contributed by atoms with Crippen molar-refractivity contribution in [2.45, 2.75) is 23.4 Å². The maximum Gasteiger partial charge on any atom is 0.237 e. The predicted octanol–water partition coefficient (Wildman–Crippen LogP) is 3.10. The average molecular weight is 297 g/mol. The molecule has 0 bridgehead atoms. The van der Waals surface area contributed by atoms with Gasteiger partial charge in [0.1, 0.15) is 10.8 Å². The maximum absolute atomic E-state index is 13.4. The Morgan fingerprint density at radius 3 is 2.79 bits per heavy atom. The second-order valence-electron chi connectivity index (χ2n) is 3.82. The molecule has 0 aliphatic heterocycles. The summed E-state index contributed by atoms with van der Waals surface area (Å²) in [5.74, 6) is -0.706. The van der Waals surface area contributed by atoms with E-state index >= 15 is 0 Å². The summed E-state index contributed by atoms with van der Waals surface area (Å²) in [6.07, 6.45) is 0. The molecule has 2 aromatic rings. The molecular weight excluding hydrogens is 285 g/mol. The predicted molar refractivity (Wildman–Crippen MR) is 75.0 cm³/mol. The molecule has 1 amide bonds. The van der Waals surface area contributed by atoms with Crippen molar-refractivity contribution in [3.63, 3.8) is 0 Å². The zero-order valence-corrected chi connectivity index (χ0v) is 12.0. The lowest BCUT2D eigenvalue weighted by atomic mass is 10.3. The zero-order chi connectivity index (χ0) is 13.8. The number of carbonyl (C=O) groups excluding carboxylic acids is 1. The minimum atomic E-state index is -0.445. The van der Waals surface area contributed by atoms with Crippen LogP contribution in [0.25, 0.3) is 0 Å². The lowest BCUT2D eigenvalue weighted by molar-refractivity contribution is -0.115. The number of benzene rings is 1. The van der Waals surface area contributed by atoms with E-state index in [0.29, 0.717) is 0 Å². The third-order valence-corrected chi connectivity index (χ3v) is 4.31. The van der Waals surface area contributed by atoms with Gasteiger partial charge in [-0.2, -0.15) is 0 Å². The van der Waals surface area contributed by atoms with Crippen LogP contribution in [0.3, 0.4) is 0 Å². The van der Waals surface area contributed by atoms with Crippen LogP contribution in [0.1, 0.15) is 11.9 Å². The van der Waals surface area contributed by atoms with Gasteiger partial charge in [0.15, 0.2) is 4.34 Å². The number of nitrogens with zero attached hydrogens (tertiary/aromatic N) is 2. The molecule has 0 aliphatic rings. The fraction of sp³-hybridized carbons (Fsp3) is 0.250. The van der Waals surface area contributed by atoms with E-state index in [1.54, 1.807) is 19.1 Å². The number of hydrogen-bond donors (Lipinski definition) is 1. The van der Waals surface area contributed by atoms with Gasteiger partial charge < -0.3 is 5.32 Å². The van der Waals surface area contributed by atoms with Gasteiger partial charge in [-0.3, -0.25) is 4.79 Å². The van der Waals surface area contributed by atoms with Gasteiger partial charge in [0.2, 0.25) is 5.91 Å². The Morgan fingerprint density at radius 2 is 2.16 bits per heavy atom. The molecule has 1 atom stereocenters. The summed E-state index contributed by atoms with van der Waals surface area (Å²) in [5, 5.41) is 10.9. The number of aryl methyl sites for hydroxylation is 1. The first-order chi connectivity index (χ1) is 9.06. The Bertz CT molecular complexity index is 588.